The van der Waals surface area contributed by atoms with Crippen LogP contribution in [0.5, 0.6) is 0 Å². The molecule has 1 aromatic carbocycles. The van der Waals surface area contributed by atoms with Crippen molar-refractivity contribution >= 4 is 29.3 Å². The van der Waals surface area contributed by atoms with Crippen LogP contribution in [0.3, 0.4) is 0 Å². The number of hydrogen-bond acceptors (Lipinski definition) is 2. The molecular formula is C11H13ClO2S. The van der Waals surface area contributed by atoms with Crippen LogP contribution < -0.4 is 0 Å². The molecule has 4 heteroatoms. The molecule has 15 heavy (non-hydrogen) atoms. The molecule has 0 radical (unpaired) electrons. The van der Waals surface area contributed by atoms with E-state index >= 15 is 0 Å². The molecule has 1 unspecified atom stereocenters. The summed E-state index contributed by atoms with van der Waals surface area (Å²) in [7, 11) is 0. The topological polar surface area (TPSA) is 37.3 Å². The minimum absolute atomic E-state index is 0.328. The van der Waals surface area contributed by atoms with E-state index in [-0.39, 0.29) is 5.92 Å². The Morgan fingerprint density at radius 2 is 2.27 bits per heavy atom. The summed E-state index contributed by atoms with van der Waals surface area (Å²) < 4.78 is 0. The van der Waals surface area contributed by atoms with Gasteiger partial charge in [-0.2, -0.15) is 0 Å². The summed E-state index contributed by atoms with van der Waals surface area (Å²) in [4.78, 5) is 11.7. The summed E-state index contributed by atoms with van der Waals surface area (Å²) in [6, 6.07) is 5.72. The number of halogens is 1. The van der Waals surface area contributed by atoms with Gasteiger partial charge in [-0.05, 0) is 30.7 Å². The Kier molecular flexibility index (Phi) is 4.48. The predicted octanol–water partition coefficient (Wildman–Crippen LogP) is 3.46. The number of rotatable bonds is 4. The minimum Gasteiger partial charge on any atom is -0.481 e. The molecule has 0 saturated carbocycles. The van der Waals surface area contributed by atoms with Gasteiger partial charge in [0.05, 0.1) is 5.92 Å². The Labute approximate surface area is 98.6 Å². The lowest BCUT2D eigenvalue weighted by Gasteiger charge is -2.06. The molecule has 0 fully saturated rings. The second kappa shape index (κ2) is 5.42. The average Bonchev–Trinajstić information content (AvgIpc) is 2.19. The molecule has 0 aliphatic carbocycles. The van der Waals surface area contributed by atoms with E-state index in [1.807, 2.05) is 25.1 Å². The van der Waals surface area contributed by atoms with Crippen molar-refractivity contribution in [2.24, 2.45) is 5.92 Å². The zero-order chi connectivity index (χ0) is 11.4. The monoisotopic (exact) mass is 244 g/mol. The predicted molar refractivity (Wildman–Crippen MR) is 63.7 cm³/mol. The fourth-order valence-electron chi connectivity index (χ4n) is 0.999. The second-order valence-electron chi connectivity index (χ2n) is 3.46. The summed E-state index contributed by atoms with van der Waals surface area (Å²) in [6.07, 6.45) is 0. The van der Waals surface area contributed by atoms with Crippen LogP contribution in [-0.4, -0.2) is 16.8 Å². The number of thioether (sulfide) groups is 1. The van der Waals surface area contributed by atoms with E-state index in [1.165, 1.54) is 0 Å². The number of aliphatic carboxylic acids is 1. The Hall–Kier alpha value is -0.670. The van der Waals surface area contributed by atoms with Gasteiger partial charge in [0.1, 0.15) is 0 Å². The number of aryl methyl sites for hydroxylation is 1. The zero-order valence-corrected chi connectivity index (χ0v) is 10.2. The van der Waals surface area contributed by atoms with Crippen molar-refractivity contribution in [2.75, 3.05) is 5.75 Å². The van der Waals surface area contributed by atoms with E-state index in [0.717, 1.165) is 15.5 Å². The van der Waals surface area contributed by atoms with Gasteiger partial charge < -0.3 is 5.11 Å². The summed E-state index contributed by atoms with van der Waals surface area (Å²) in [5, 5.41) is 9.47. The van der Waals surface area contributed by atoms with E-state index in [9.17, 15) is 4.79 Å². The van der Waals surface area contributed by atoms with Crippen LogP contribution in [0, 0.1) is 12.8 Å². The van der Waals surface area contributed by atoms with Crippen LogP contribution in [0.25, 0.3) is 0 Å². The highest BCUT2D eigenvalue weighted by Crippen LogP contribution is 2.25. The largest absolute Gasteiger partial charge is 0.481 e. The first-order valence-electron chi connectivity index (χ1n) is 4.62. The van der Waals surface area contributed by atoms with E-state index < -0.39 is 5.97 Å². The minimum atomic E-state index is -0.756. The highest BCUT2D eigenvalue weighted by molar-refractivity contribution is 7.99. The van der Waals surface area contributed by atoms with Crippen LogP contribution >= 0.6 is 23.4 Å². The summed E-state index contributed by atoms with van der Waals surface area (Å²) in [5.74, 6) is -0.504. The van der Waals surface area contributed by atoms with Gasteiger partial charge >= 0.3 is 5.97 Å². The Balaban J connectivity index is 2.58. The van der Waals surface area contributed by atoms with Gasteiger partial charge in [-0.3, -0.25) is 4.79 Å². The smallest absolute Gasteiger partial charge is 0.307 e. The molecular weight excluding hydrogens is 232 g/mol. The number of benzene rings is 1. The molecule has 0 aliphatic heterocycles. The molecule has 1 N–H and O–H groups in total. The van der Waals surface area contributed by atoms with Gasteiger partial charge in [0, 0.05) is 15.7 Å². The van der Waals surface area contributed by atoms with Gasteiger partial charge in [-0.1, -0.05) is 18.5 Å². The molecule has 0 spiro atoms. The van der Waals surface area contributed by atoms with Gasteiger partial charge in [-0.25, -0.2) is 0 Å². The van der Waals surface area contributed by atoms with Gasteiger partial charge in [-0.15, -0.1) is 11.8 Å². The molecule has 0 aromatic heterocycles. The van der Waals surface area contributed by atoms with E-state index in [2.05, 4.69) is 0 Å². The van der Waals surface area contributed by atoms with Crippen molar-refractivity contribution in [1.82, 2.24) is 0 Å². The Bertz CT molecular complexity index is 366. The lowest BCUT2D eigenvalue weighted by molar-refractivity contribution is -0.140. The number of carboxylic acids is 1. The van der Waals surface area contributed by atoms with Gasteiger partial charge in [0.2, 0.25) is 0 Å². The average molecular weight is 245 g/mol. The first-order valence-corrected chi connectivity index (χ1v) is 5.99. The van der Waals surface area contributed by atoms with Crippen LogP contribution in [0.4, 0.5) is 0 Å². The van der Waals surface area contributed by atoms with Crippen molar-refractivity contribution < 1.29 is 9.90 Å². The van der Waals surface area contributed by atoms with Gasteiger partial charge in [0.25, 0.3) is 0 Å². The molecule has 0 bridgehead atoms. The normalized spacial score (nSPS) is 12.5. The molecule has 0 aliphatic rings. The maximum absolute atomic E-state index is 10.6. The van der Waals surface area contributed by atoms with Crippen molar-refractivity contribution in [3.63, 3.8) is 0 Å². The summed E-state index contributed by atoms with van der Waals surface area (Å²) in [5.41, 5.74) is 1.02. The molecule has 2 nitrogen and oxygen atoms in total. The molecule has 82 valence electrons. The maximum Gasteiger partial charge on any atom is 0.307 e. The van der Waals surface area contributed by atoms with Crippen LogP contribution in [0.1, 0.15) is 12.5 Å². The number of carboxylic acid groups (broad SMARTS) is 1. The third-order valence-electron chi connectivity index (χ3n) is 2.05. The molecule has 1 aromatic rings. The van der Waals surface area contributed by atoms with E-state index in [4.69, 9.17) is 16.7 Å². The quantitative estimate of drug-likeness (QED) is 0.825. The van der Waals surface area contributed by atoms with E-state index in [1.54, 1.807) is 18.7 Å². The third-order valence-corrected chi connectivity index (χ3v) is 3.73. The third kappa shape index (κ3) is 3.76. The van der Waals surface area contributed by atoms with E-state index in [0.29, 0.717) is 5.75 Å². The first-order chi connectivity index (χ1) is 7.00. The highest BCUT2D eigenvalue weighted by Gasteiger charge is 2.11. The lowest BCUT2D eigenvalue weighted by Crippen LogP contribution is -2.11. The van der Waals surface area contributed by atoms with Crippen molar-refractivity contribution in [2.45, 2.75) is 18.7 Å². The molecule has 1 atom stereocenters. The first kappa shape index (κ1) is 12.4. The standard InChI is InChI=1S/C11H13ClO2S/c1-7-5-9(3-4-10(7)12)15-6-8(2)11(13)14/h3-5,8H,6H2,1-2H3,(H,13,14). The molecule has 0 heterocycles. The Morgan fingerprint density at radius 3 is 2.80 bits per heavy atom. The highest BCUT2D eigenvalue weighted by atomic mass is 35.5. The molecule has 0 saturated heterocycles. The summed E-state index contributed by atoms with van der Waals surface area (Å²) >= 11 is 7.43. The second-order valence-corrected chi connectivity index (χ2v) is 4.96. The maximum atomic E-state index is 10.6. The zero-order valence-electron chi connectivity index (χ0n) is 8.66. The fraction of sp³-hybridized carbons (Fsp3) is 0.364. The van der Waals surface area contributed by atoms with Gasteiger partial charge in [0.15, 0.2) is 0 Å². The number of carbonyl (C=O) groups is 1. The summed E-state index contributed by atoms with van der Waals surface area (Å²) in [6.45, 7) is 3.64. The van der Waals surface area contributed by atoms with Crippen LogP contribution in [-0.2, 0) is 4.79 Å². The molecule has 0 amide bonds. The molecule has 1 rings (SSSR count). The lowest BCUT2D eigenvalue weighted by atomic mass is 10.2. The van der Waals surface area contributed by atoms with Crippen LogP contribution in [0.2, 0.25) is 5.02 Å². The number of hydrogen-bond donors (Lipinski definition) is 1. The van der Waals surface area contributed by atoms with Crippen LogP contribution in [0.15, 0.2) is 23.1 Å². The fourth-order valence-corrected chi connectivity index (χ4v) is 2.13. The van der Waals surface area contributed by atoms with Crippen molar-refractivity contribution in [1.29, 1.82) is 0 Å². The Morgan fingerprint density at radius 1 is 1.60 bits per heavy atom. The van der Waals surface area contributed by atoms with Crippen molar-refractivity contribution in [3.05, 3.63) is 28.8 Å². The van der Waals surface area contributed by atoms with Crippen molar-refractivity contribution in [3.8, 4) is 0 Å². The SMILES string of the molecule is Cc1cc(SCC(C)C(=O)O)ccc1Cl.